The van der Waals surface area contributed by atoms with Crippen molar-refractivity contribution in [3.63, 3.8) is 0 Å². The Kier molecular flexibility index (Phi) is 2.38. The zero-order valence-electron chi connectivity index (χ0n) is 10.1. The number of piperidine rings is 1. The molecule has 17 heavy (non-hydrogen) atoms. The van der Waals surface area contributed by atoms with Crippen LogP contribution in [0.3, 0.4) is 0 Å². The highest BCUT2D eigenvalue weighted by molar-refractivity contribution is 5.79. The Morgan fingerprint density at radius 3 is 2.41 bits per heavy atom. The first kappa shape index (κ1) is 12.1. The van der Waals surface area contributed by atoms with Crippen LogP contribution < -0.4 is 0 Å². The van der Waals surface area contributed by atoms with Gasteiger partial charge in [0.15, 0.2) is 0 Å². The maximum atomic E-state index is 14.0. The highest BCUT2D eigenvalue weighted by atomic mass is 19.1. The van der Waals surface area contributed by atoms with Crippen LogP contribution in [0.15, 0.2) is 0 Å². The molecule has 0 bridgehead atoms. The number of carbonyl (C=O) groups excluding carboxylic acids is 1. The largest absolute Gasteiger partial charge is 0.481 e. The lowest BCUT2D eigenvalue weighted by Gasteiger charge is -2.25. The smallest absolute Gasteiger partial charge is 0.410 e. The number of carboxylic acids is 1. The van der Waals surface area contributed by atoms with Crippen molar-refractivity contribution >= 4 is 12.1 Å². The molecular formula is C11H16FNO4. The molecule has 1 saturated carbocycles. The summed E-state index contributed by atoms with van der Waals surface area (Å²) in [6.07, 6.45) is -0.578. The molecule has 1 N–H and O–H groups in total. The van der Waals surface area contributed by atoms with E-state index < -0.39 is 35.2 Å². The molecule has 2 aliphatic rings. The van der Waals surface area contributed by atoms with Gasteiger partial charge >= 0.3 is 12.1 Å². The maximum Gasteiger partial charge on any atom is 0.410 e. The molecule has 5 nitrogen and oxygen atoms in total. The van der Waals surface area contributed by atoms with E-state index in [1.165, 1.54) is 4.90 Å². The van der Waals surface area contributed by atoms with Gasteiger partial charge in [-0.05, 0) is 20.8 Å². The molecule has 0 aromatic heterocycles. The zero-order chi connectivity index (χ0) is 13.0. The second-order valence-corrected chi connectivity index (χ2v) is 5.71. The Balaban J connectivity index is 1.94. The van der Waals surface area contributed by atoms with Gasteiger partial charge in [0.2, 0.25) is 0 Å². The molecule has 0 spiro atoms. The third-order valence-corrected chi connectivity index (χ3v) is 3.19. The topological polar surface area (TPSA) is 66.8 Å². The average molecular weight is 245 g/mol. The van der Waals surface area contributed by atoms with Crippen molar-refractivity contribution in [1.29, 1.82) is 0 Å². The van der Waals surface area contributed by atoms with E-state index in [0.717, 1.165) is 0 Å². The summed E-state index contributed by atoms with van der Waals surface area (Å²) in [5.74, 6) is -2.66. The molecule has 0 radical (unpaired) electrons. The lowest BCUT2D eigenvalue weighted by molar-refractivity contribution is -0.140. The lowest BCUT2D eigenvalue weighted by atomic mass is 10.2. The summed E-state index contributed by atoms with van der Waals surface area (Å²) in [6.45, 7) is 5.14. The fourth-order valence-electron chi connectivity index (χ4n) is 2.39. The lowest BCUT2D eigenvalue weighted by Crippen LogP contribution is -2.39. The fourth-order valence-corrected chi connectivity index (χ4v) is 2.39. The monoisotopic (exact) mass is 245 g/mol. The number of carboxylic acid groups (broad SMARTS) is 1. The van der Waals surface area contributed by atoms with Gasteiger partial charge in [-0.1, -0.05) is 0 Å². The van der Waals surface area contributed by atoms with Crippen molar-refractivity contribution in [2.75, 3.05) is 13.1 Å². The number of aliphatic carboxylic acids is 1. The number of alkyl halides is 1. The number of halogens is 1. The SMILES string of the molecule is CC(C)(C)OC(=O)N1C[C@@H]2[C@@H](C(=O)O)[C@]2(F)C1. The number of hydrogen-bond acceptors (Lipinski definition) is 3. The minimum absolute atomic E-state index is 0.127. The zero-order valence-corrected chi connectivity index (χ0v) is 10.1. The van der Waals surface area contributed by atoms with Gasteiger partial charge in [0.1, 0.15) is 17.2 Å². The molecule has 3 atom stereocenters. The van der Waals surface area contributed by atoms with E-state index in [0.29, 0.717) is 0 Å². The highest BCUT2D eigenvalue weighted by Crippen LogP contribution is 2.58. The molecule has 1 aliphatic heterocycles. The van der Waals surface area contributed by atoms with Gasteiger partial charge in [-0.3, -0.25) is 4.79 Å². The first-order valence-electron chi connectivity index (χ1n) is 5.55. The van der Waals surface area contributed by atoms with Gasteiger partial charge in [0, 0.05) is 12.5 Å². The van der Waals surface area contributed by atoms with Gasteiger partial charge in [0.25, 0.3) is 0 Å². The van der Waals surface area contributed by atoms with E-state index in [1.54, 1.807) is 20.8 Å². The minimum Gasteiger partial charge on any atom is -0.481 e. The number of ether oxygens (including phenoxy) is 1. The van der Waals surface area contributed by atoms with Gasteiger partial charge in [0.05, 0.1) is 6.54 Å². The predicted octanol–water partition coefficient (Wildman–Crippen LogP) is 1.28. The number of amides is 1. The fraction of sp³-hybridized carbons (Fsp3) is 0.818. The Bertz CT molecular complexity index is 378. The summed E-state index contributed by atoms with van der Waals surface area (Å²) in [4.78, 5) is 23.6. The summed E-state index contributed by atoms with van der Waals surface area (Å²) >= 11 is 0. The number of fused-ring (bicyclic) bond motifs is 1. The van der Waals surface area contributed by atoms with Crippen LogP contribution in [0.4, 0.5) is 9.18 Å². The quantitative estimate of drug-likeness (QED) is 0.755. The average Bonchev–Trinajstić information content (AvgIpc) is 2.52. The number of carbonyl (C=O) groups is 2. The molecule has 6 heteroatoms. The van der Waals surface area contributed by atoms with Gasteiger partial charge in [-0.2, -0.15) is 0 Å². The molecular weight excluding hydrogens is 229 g/mol. The Morgan fingerprint density at radius 1 is 1.47 bits per heavy atom. The van der Waals surface area contributed by atoms with Crippen molar-refractivity contribution in [3.05, 3.63) is 0 Å². The number of likely N-dealkylation sites (tertiary alicyclic amines) is 1. The van der Waals surface area contributed by atoms with Crippen LogP contribution in [-0.2, 0) is 9.53 Å². The third kappa shape index (κ3) is 1.96. The van der Waals surface area contributed by atoms with Crippen LogP contribution in [0.2, 0.25) is 0 Å². The molecule has 0 unspecified atom stereocenters. The molecule has 0 aromatic carbocycles. The van der Waals surface area contributed by atoms with Crippen LogP contribution >= 0.6 is 0 Å². The Morgan fingerprint density at radius 2 is 2.06 bits per heavy atom. The van der Waals surface area contributed by atoms with E-state index in [9.17, 15) is 14.0 Å². The minimum atomic E-state index is -1.75. The molecule has 1 aliphatic carbocycles. The molecule has 96 valence electrons. The second-order valence-electron chi connectivity index (χ2n) is 5.71. The van der Waals surface area contributed by atoms with E-state index in [4.69, 9.17) is 9.84 Å². The normalized spacial score (nSPS) is 35.4. The summed E-state index contributed by atoms with van der Waals surface area (Å²) in [5.41, 5.74) is -2.37. The van der Waals surface area contributed by atoms with Gasteiger partial charge in [-0.25, -0.2) is 9.18 Å². The van der Waals surface area contributed by atoms with Crippen LogP contribution in [0.25, 0.3) is 0 Å². The van der Waals surface area contributed by atoms with Crippen LogP contribution in [0.5, 0.6) is 0 Å². The summed E-state index contributed by atoms with van der Waals surface area (Å²) in [6, 6.07) is 0. The van der Waals surface area contributed by atoms with E-state index in [2.05, 4.69) is 0 Å². The van der Waals surface area contributed by atoms with E-state index >= 15 is 0 Å². The van der Waals surface area contributed by atoms with Gasteiger partial charge < -0.3 is 14.7 Å². The van der Waals surface area contributed by atoms with Crippen LogP contribution in [0, 0.1) is 11.8 Å². The van der Waals surface area contributed by atoms with Gasteiger partial charge in [-0.15, -0.1) is 0 Å². The molecule has 2 rings (SSSR count). The predicted molar refractivity (Wildman–Crippen MR) is 56.3 cm³/mol. The molecule has 1 heterocycles. The van der Waals surface area contributed by atoms with Crippen molar-refractivity contribution in [3.8, 4) is 0 Å². The first-order chi connectivity index (χ1) is 7.65. The van der Waals surface area contributed by atoms with Crippen molar-refractivity contribution < 1.29 is 23.8 Å². The second kappa shape index (κ2) is 3.34. The molecule has 1 amide bonds. The highest BCUT2D eigenvalue weighted by Gasteiger charge is 2.75. The Hall–Kier alpha value is -1.33. The van der Waals surface area contributed by atoms with Crippen LogP contribution in [0.1, 0.15) is 20.8 Å². The number of hydrogen-bond donors (Lipinski definition) is 1. The van der Waals surface area contributed by atoms with Crippen molar-refractivity contribution in [1.82, 2.24) is 4.90 Å². The summed E-state index contributed by atoms with van der Waals surface area (Å²) < 4.78 is 19.1. The van der Waals surface area contributed by atoms with Crippen molar-refractivity contribution in [2.24, 2.45) is 11.8 Å². The van der Waals surface area contributed by atoms with Crippen molar-refractivity contribution in [2.45, 2.75) is 32.0 Å². The van der Waals surface area contributed by atoms with E-state index in [-0.39, 0.29) is 13.1 Å². The number of nitrogens with zero attached hydrogens (tertiary/aromatic N) is 1. The first-order valence-corrected chi connectivity index (χ1v) is 5.55. The number of rotatable bonds is 1. The van der Waals surface area contributed by atoms with Crippen LogP contribution in [-0.4, -0.2) is 46.4 Å². The summed E-state index contributed by atoms with van der Waals surface area (Å²) in [7, 11) is 0. The molecule has 1 saturated heterocycles. The standard InChI is InChI=1S/C11H16FNO4/c1-10(2,3)17-9(16)13-4-6-7(8(14)15)11(6,12)5-13/h6-7H,4-5H2,1-3H3,(H,14,15)/t6-,7+,11+/m1/s1. The maximum absolute atomic E-state index is 14.0. The Labute approximate surface area is 98.5 Å². The third-order valence-electron chi connectivity index (χ3n) is 3.19. The molecule has 0 aromatic rings. The molecule has 2 fully saturated rings. The summed E-state index contributed by atoms with van der Waals surface area (Å²) in [5, 5.41) is 8.76. The van der Waals surface area contributed by atoms with E-state index in [1.807, 2.05) is 0 Å².